The fraction of sp³-hybridized carbons (Fsp3) is 0.211. The zero-order valence-corrected chi connectivity index (χ0v) is 13.8. The van der Waals surface area contributed by atoms with E-state index in [1.54, 1.807) is 0 Å². The molecule has 0 saturated heterocycles. The Balaban J connectivity index is 1.72. The van der Waals surface area contributed by atoms with Gasteiger partial charge in [-0.15, -0.1) is 0 Å². The molecule has 2 aromatic carbocycles. The van der Waals surface area contributed by atoms with Gasteiger partial charge in [-0.3, -0.25) is 5.10 Å². The summed E-state index contributed by atoms with van der Waals surface area (Å²) >= 11 is 0. The first-order valence-corrected chi connectivity index (χ1v) is 7.90. The molecule has 3 N–H and O–H groups in total. The first-order chi connectivity index (χ1) is 11.6. The van der Waals surface area contributed by atoms with Gasteiger partial charge < -0.3 is 15.2 Å². The number of aromatic nitrogens is 2. The molecule has 0 aliphatic heterocycles. The van der Waals surface area contributed by atoms with Gasteiger partial charge in [-0.25, -0.2) is 0 Å². The van der Waals surface area contributed by atoms with E-state index in [0.717, 1.165) is 28.5 Å². The Hall–Kier alpha value is -2.95. The molecule has 0 aliphatic rings. The normalized spacial score (nSPS) is 10.8. The van der Waals surface area contributed by atoms with Crippen LogP contribution in [0.1, 0.15) is 19.5 Å². The standard InChI is InChI=1S/C19H21N3O2/c1-13(2)24-19-6-4-3-5-17(19)18-11-15(21-22-18)12-23-16-9-7-14(20)8-10-16/h3-11,13H,12,20H2,1-2H3,(H,21,22). The first-order valence-electron chi connectivity index (χ1n) is 7.90. The second kappa shape index (κ2) is 7.08. The molecule has 1 heterocycles. The number of benzene rings is 2. The van der Waals surface area contributed by atoms with Gasteiger partial charge in [0.1, 0.15) is 18.1 Å². The Kier molecular flexibility index (Phi) is 4.70. The molecule has 3 rings (SSSR count). The number of ether oxygens (including phenoxy) is 2. The lowest BCUT2D eigenvalue weighted by Gasteiger charge is -2.12. The molecule has 124 valence electrons. The van der Waals surface area contributed by atoms with E-state index < -0.39 is 0 Å². The third kappa shape index (κ3) is 3.87. The number of aromatic amines is 1. The monoisotopic (exact) mass is 323 g/mol. The predicted molar refractivity (Wildman–Crippen MR) is 95.0 cm³/mol. The zero-order valence-electron chi connectivity index (χ0n) is 13.8. The zero-order chi connectivity index (χ0) is 16.9. The molecule has 0 amide bonds. The van der Waals surface area contributed by atoms with Crippen molar-refractivity contribution in [3.05, 3.63) is 60.3 Å². The van der Waals surface area contributed by atoms with Crippen molar-refractivity contribution in [2.75, 3.05) is 5.73 Å². The summed E-state index contributed by atoms with van der Waals surface area (Å²) in [6.45, 7) is 4.42. The second-order valence-electron chi connectivity index (χ2n) is 5.80. The van der Waals surface area contributed by atoms with E-state index >= 15 is 0 Å². The third-order valence-electron chi connectivity index (χ3n) is 3.43. The number of hydrogen-bond acceptors (Lipinski definition) is 4. The van der Waals surface area contributed by atoms with Crippen LogP contribution in [-0.4, -0.2) is 16.3 Å². The first kappa shape index (κ1) is 15.9. The molecule has 0 radical (unpaired) electrons. The molecule has 5 nitrogen and oxygen atoms in total. The van der Waals surface area contributed by atoms with Crippen molar-refractivity contribution in [2.45, 2.75) is 26.6 Å². The van der Waals surface area contributed by atoms with E-state index in [4.69, 9.17) is 15.2 Å². The van der Waals surface area contributed by atoms with Crippen molar-refractivity contribution in [3.8, 4) is 22.8 Å². The molecule has 3 aromatic rings. The van der Waals surface area contributed by atoms with E-state index in [9.17, 15) is 0 Å². The van der Waals surface area contributed by atoms with Crippen molar-refractivity contribution < 1.29 is 9.47 Å². The summed E-state index contributed by atoms with van der Waals surface area (Å²) in [5.74, 6) is 1.59. The molecule has 0 spiro atoms. The van der Waals surface area contributed by atoms with E-state index in [0.29, 0.717) is 12.3 Å². The maximum Gasteiger partial charge on any atom is 0.130 e. The Morgan fingerprint density at radius 1 is 1.08 bits per heavy atom. The van der Waals surface area contributed by atoms with E-state index in [2.05, 4.69) is 10.2 Å². The van der Waals surface area contributed by atoms with E-state index in [-0.39, 0.29) is 6.10 Å². The number of nitrogens with two attached hydrogens (primary N) is 1. The maximum absolute atomic E-state index is 5.85. The number of nitrogens with one attached hydrogen (secondary N) is 1. The summed E-state index contributed by atoms with van der Waals surface area (Å²) in [6.07, 6.45) is 0.110. The quantitative estimate of drug-likeness (QED) is 0.672. The van der Waals surface area contributed by atoms with Crippen LogP contribution in [0.25, 0.3) is 11.3 Å². The molecule has 5 heteroatoms. The topological polar surface area (TPSA) is 73.2 Å². The van der Waals surface area contributed by atoms with Gasteiger partial charge in [0.05, 0.1) is 17.5 Å². The molecule has 24 heavy (non-hydrogen) atoms. The molecule has 0 bridgehead atoms. The van der Waals surface area contributed by atoms with Gasteiger partial charge >= 0.3 is 0 Å². The van der Waals surface area contributed by atoms with Gasteiger partial charge in [-0.05, 0) is 56.3 Å². The fourth-order valence-corrected chi connectivity index (χ4v) is 2.33. The Bertz CT molecular complexity index is 794. The van der Waals surface area contributed by atoms with Crippen molar-refractivity contribution in [3.63, 3.8) is 0 Å². The van der Waals surface area contributed by atoms with Gasteiger partial charge in [-0.2, -0.15) is 5.10 Å². The van der Waals surface area contributed by atoms with Crippen LogP contribution in [0.5, 0.6) is 11.5 Å². The molecule has 0 fully saturated rings. The Morgan fingerprint density at radius 2 is 1.83 bits per heavy atom. The van der Waals surface area contributed by atoms with Gasteiger partial charge in [0.15, 0.2) is 0 Å². The summed E-state index contributed by atoms with van der Waals surface area (Å²) in [5, 5.41) is 7.39. The van der Waals surface area contributed by atoms with Crippen LogP contribution in [-0.2, 0) is 6.61 Å². The van der Waals surface area contributed by atoms with Crippen LogP contribution in [0, 0.1) is 0 Å². The average molecular weight is 323 g/mol. The molecular formula is C19H21N3O2. The second-order valence-corrected chi connectivity index (χ2v) is 5.80. The van der Waals surface area contributed by atoms with Crippen molar-refractivity contribution in [1.82, 2.24) is 10.2 Å². The smallest absolute Gasteiger partial charge is 0.130 e. The SMILES string of the molecule is CC(C)Oc1ccccc1-c1cc(COc2ccc(N)cc2)[nH]n1. The molecule has 0 atom stereocenters. The lowest BCUT2D eigenvalue weighted by Crippen LogP contribution is -2.06. The van der Waals surface area contributed by atoms with Crippen LogP contribution < -0.4 is 15.2 Å². The van der Waals surface area contributed by atoms with E-state index in [1.165, 1.54) is 0 Å². The number of para-hydroxylation sites is 1. The molecular weight excluding hydrogens is 302 g/mol. The molecule has 0 saturated carbocycles. The lowest BCUT2D eigenvalue weighted by molar-refractivity contribution is 0.243. The minimum Gasteiger partial charge on any atom is -0.490 e. The molecule has 0 unspecified atom stereocenters. The van der Waals surface area contributed by atoms with Gasteiger partial charge in [0.25, 0.3) is 0 Å². The highest BCUT2D eigenvalue weighted by molar-refractivity contribution is 5.67. The molecule has 0 aliphatic carbocycles. The van der Waals surface area contributed by atoms with Crippen molar-refractivity contribution in [2.24, 2.45) is 0 Å². The van der Waals surface area contributed by atoms with Crippen LogP contribution in [0.4, 0.5) is 5.69 Å². The lowest BCUT2D eigenvalue weighted by atomic mass is 10.1. The summed E-state index contributed by atoms with van der Waals surface area (Å²) in [6, 6.07) is 17.2. The van der Waals surface area contributed by atoms with Gasteiger partial charge in [-0.1, -0.05) is 12.1 Å². The average Bonchev–Trinajstić information content (AvgIpc) is 3.03. The highest BCUT2D eigenvalue weighted by Crippen LogP contribution is 2.29. The van der Waals surface area contributed by atoms with E-state index in [1.807, 2.05) is 68.4 Å². The Labute approximate surface area is 141 Å². The predicted octanol–water partition coefficient (Wildman–Crippen LogP) is 4.03. The van der Waals surface area contributed by atoms with Crippen LogP contribution in [0.3, 0.4) is 0 Å². The minimum absolute atomic E-state index is 0.110. The highest BCUT2D eigenvalue weighted by atomic mass is 16.5. The summed E-state index contributed by atoms with van der Waals surface area (Å²) in [5.41, 5.74) is 9.07. The summed E-state index contributed by atoms with van der Waals surface area (Å²) in [7, 11) is 0. The summed E-state index contributed by atoms with van der Waals surface area (Å²) in [4.78, 5) is 0. The largest absolute Gasteiger partial charge is 0.490 e. The number of hydrogen-bond donors (Lipinski definition) is 2. The number of rotatable bonds is 6. The number of nitrogens with zero attached hydrogens (tertiary/aromatic N) is 1. The van der Waals surface area contributed by atoms with Crippen LogP contribution >= 0.6 is 0 Å². The van der Waals surface area contributed by atoms with Crippen molar-refractivity contribution >= 4 is 5.69 Å². The molecule has 1 aromatic heterocycles. The fourth-order valence-electron chi connectivity index (χ4n) is 2.33. The third-order valence-corrected chi connectivity index (χ3v) is 3.43. The summed E-state index contributed by atoms with van der Waals surface area (Å²) < 4.78 is 11.6. The van der Waals surface area contributed by atoms with Crippen molar-refractivity contribution in [1.29, 1.82) is 0 Å². The van der Waals surface area contributed by atoms with Gasteiger partial charge in [0, 0.05) is 11.3 Å². The number of anilines is 1. The van der Waals surface area contributed by atoms with Crippen LogP contribution in [0.15, 0.2) is 54.6 Å². The van der Waals surface area contributed by atoms with Gasteiger partial charge in [0.2, 0.25) is 0 Å². The minimum atomic E-state index is 0.110. The van der Waals surface area contributed by atoms with Crippen LogP contribution in [0.2, 0.25) is 0 Å². The Morgan fingerprint density at radius 3 is 2.58 bits per heavy atom. The highest BCUT2D eigenvalue weighted by Gasteiger charge is 2.11. The maximum atomic E-state index is 5.85. The number of H-pyrrole nitrogens is 1. The number of nitrogen functional groups attached to an aromatic ring is 1.